The first-order valence-corrected chi connectivity index (χ1v) is 8.95. The Hall–Kier alpha value is -2.30. The van der Waals surface area contributed by atoms with Gasteiger partial charge in [0.1, 0.15) is 0 Å². The number of guanidine groups is 1. The zero-order chi connectivity index (χ0) is 18.1. The molecule has 0 fully saturated rings. The molecule has 0 aliphatic carbocycles. The Morgan fingerprint density at radius 1 is 1.16 bits per heavy atom. The Morgan fingerprint density at radius 2 is 1.92 bits per heavy atom. The summed E-state index contributed by atoms with van der Waals surface area (Å²) in [6.45, 7) is 6.22. The van der Waals surface area contributed by atoms with Crippen LogP contribution in [0.3, 0.4) is 0 Å². The lowest BCUT2D eigenvalue weighted by atomic mass is 9.86. The van der Waals surface area contributed by atoms with Crippen molar-refractivity contribution in [2.45, 2.75) is 39.7 Å². The highest BCUT2D eigenvalue weighted by Crippen LogP contribution is 2.22. The molecular formula is C20H31N5. The maximum absolute atomic E-state index is 4.31. The standard InChI is InChI=1S/C20H31N5/c1-20(2,13-8-11-17-9-6-5-7-10-17)16-23-19(21-3)22-15-18-12-14-24-25(18)4/h5-7,9-10,12,14H,8,11,13,15-16H2,1-4H3,(H2,21,22,23). The fourth-order valence-electron chi connectivity index (χ4n) is 2.80. The Balaban J connectivity index is 1.72. The Morgan fingerprint density at radius 3 is 2.56 bits per heavy atom. The van der Waals surface area contributed by atoms with Crippen LogP contribution in [-0.4, -0.2) is 29.3 Å². The molecule has 2 N–H and O–H groups in total. The Kier molecular flexibility index (Phi) is 7.04. The van der Waals surface area contributed by atoms with Crippen molar-refractivity contribution in [3.05, 3.63) is 53.9 Å². The number of rotatable bonds is 8. The smallest absolute Gasteiger partial charge is 0.191 e. The zero-order valence-corrected chi connectivity index (χ0v) is 15.9. The first-order chi connectivity index (χ1) is 12.0. The van der Waals surface area contributed by atoms with Crippen molar-refractivity contribution in [2.24, 2.45) is 17.5 Å². The summed E-state index contributed by atoms with van der Waals surface area (Å²) in [5.41, 5.74) is 2.77. The third kappa shape index (κ3) is 6.61. The molecule has 0 aliphatic rings. The number of aliphatic imine (C=N–C) groups is 1. The molecule has 5 nitrogen and oxygen atoms in total. The normalized spacial score (nSPS) is 12.2. The van der Waals surface area contributed by atoms with E-state index in [4.69, 9.17) is 0 Å². The molecule has 5 heteroatoms. The summed E-state index contributed by atoms with van der Waals surface area (Å²) in [7, 11) is 3.75. The third-order valence-electron chi connectivity index (χ3n) is 4.48. The lowest BCUT2D eigenvalue weighted by molar-refractivity contribution is 0.323. The van der Waals surface area contributed by atoms with Gasteiger partial charge in [0.05, 0.1) is 12.2 Å². The van der Waals surface area contributed by atoms with Gasteiger partial charge in [-0.25, -0.2) is 0 Å². The van der Waals surface area contributed by atoms with Gasteiger partial charge in [-0.15, -0.1) is 0 Å². The number of aromatic nitrogens is 2. The van der Waals surface area contributed by atoms with E-state index in [2.05, 4.69) is 64.9 Å². The first kappa shape index (κ1) is 19.0. The second-order valence-corrected chi connectivity index (χ2v) is 7.23. The van der Waals surface area contributed by atoms with Gasteiger partial charge in [-0.1, -0.05) is 44.2 Å². The monoisotopic (exact) mass is 341 g/mol. The van der Waals surface area contributed by atoms with Crippen LogP contribution in [0.5, 0.6) is 0 Å². The summed E-state index contributed by atoms with van der Waals surface area (Å²) in [5, 5.41) is 11.0. The fraction of sp³-hybridized carbons (Fsp3) is 0.500. The first-order valence-electron chi connectivity index (χ1n) is 8.95. The SMILES string of the molecule is CN=C(NCc1ccnn1C)NCC(C)(C)CCCc1ccccc1. The molecule has 2 aromatic rings. The van der Waals surface area contributed by atoms with Gasteiger partial charge in [-0.2, -0.15) is 5.10 Å². The molecule has 0 atom stereocenters. The summed E-state index contributed by atoms with van der Waals surface area (Å²) in [6.07, 6.45) is 5.31. The number of nitrogens with zero attached hydrogens (tertiary/aromatic N) is 3. The van der Waals surface area contributed by atoms with Gasteiger partial charge in [0.2, 0.25) is 0 Å². The third-order valence-corrected chi connectivity index (χ3v) is 4.48. The number of nitrogens with one attached hydrogen (secondary N) is 2. The summed E-state index contributed by atoms with van der Waals surface area (Å²) in [4.78, 5) is 4.31. The second kappa shape index (κ2) is 9.25. The molecule has 1 heterocycles. The maximum atomic E-state index is 4.31. The Labute approximate surface area is 151 Å². The van der Waals surface area contributed by atoms with E-state index in [9.17, 15) is 0 Å². The van der Waals surface area contributed by atoms with E-state index in [1.54, 1.807) is 7.05 Å². The maximum Gasteiger partial charge on any atom is 0.191 e. The van der Waals surface area contributed by atoms with Crippen molar-refractivity contribution >= 4 is 5.96 Å². The highest BCUT2D eigenvalue weighted by molar-refractivity contribution is 5.79. The van der Waals surface area contributed by atoms with E-state index >= 15 is 0 Å². The van der Waals surface area contributed by atoms with Crippen LogP contribution in [0.2, 0.25) is 0 Å². The lowest BCUT2D eigenvalue weighted by Gasteiger charge is -2.26. The average molecular weight is 342 g/mol. The second-order valence-electron chi connectivity index (χ2n) is 7.23. The van der Waals surface area contributed by atoms with Gasteiger partial charge in [-0.3, -0.25) is 9.67 Å². The predicted molar refractivity (Wildman–Crippen MR) is 105 cm³/mol. The van der Waals surface area contributed by atoms with E-state index in [0.717, 1.165) is 24.6 Å². The minimum atomic E-state index is 0.221. The van der Waals surface area contributed by atoms with Crippen LogP contribution in [0.1, 0.15) is 37.9 Å². The van der Waals surface area contributed by atoms with Gasteiger partial charge in [0.25, 0.3) is 0 Å². The summed E-state index contributed by atoms with van der Waals surface area (Å²) in [5.74, 6) is 0.831. The lowest BCUT2D eigenvalue weighted by Crippen LogP contribution is -2.42. The van der Waals surface area contributed by atoms with E-state index < -0.39 is 0 Å². The van der Waals surface area contributed by atoms with Crippen LogP contribution in [0.15, 0.2) is 47.6 Å². The minimum absolute atomic E-state index is 0.221. The van der Waals surface area contributed by atoms with Gasteiger partial charge < -0.3 is 10.6 Å². The van der Waals surface area contributed by atoms with Crippen LogP contribution in [-0.2, 0) is 20.0 Å². The molecule has 0 saturated carbocycles. The quantitative estimate of drug-likeness (QED) is 0.573. The predicted octanol–water partition coefficient (Wildman–Crippen LogP) is 3.13. The molecule has 0 unspecified atom stereocenters. The van der Waals surface area contributed by atoms with Crippen LogP contribution in [0.25, 0.3) is 0 Å². The van der Waals surface area contributed by atoms with E-state index in [1.807, 2.05) is 24.0 Å². The Bertz CT molecular complexity index is 658. The molecular weight excluding hydrogens is 310 g/mol. The van der Waals surface area contributed by atoms with Crippen molar-refractivity contribution in [3.63, 3.8) is 0 Å². The summed E-state index contributed by atoms with van der Waals surface area (Å²) in [6, 6.07) is 12.7. The van der Waals surface area contributed by atoms with E-state index in [0.29, 0.717) is 6.54 Å². The van der Waals surface area contributed by atoms with Crippen molar-refractivity contribution in [1.82, 2.24) is 20.4 Å². The highest BCUT2D eigenvalue weighted by atomic mass is 15.3. The van der Waals surface area contributed by atoms with Gasteiger partial charge in [0, 0.05) is 26.8 Å². The zero-order valence-electron chi connectivity index (χ0n) is 15.9. The molecule has 0 spiro atoms. The number of hydrogen-bond acceptors (Lipinski definition) is 2. The van der Waals surface area contributed by atoms with Crippen molar-refractivity contribution in [2.75, 3.05) is 13.6 Å². The average Bonchev–Trinajstić information content (AvgIpc) is 3.01. The number of hydrogen-bond donors (Lipinski definition) is 2. The van der Waals surface area contributed by atoms with Crippen LogP contribution in [0, 0.1) is 5.41 Å². The molecule has 2 rings (SSSR count). The largest absolute Gasteiger partial charge is 0.356 e. The topological polar surface area (TPSA) is 54.2 Å². The molecule has 0 saturated heterocycles. The van der Waals surface area contributed by atoms with Gasteiger partial charge in [0.15, 0.2) is 5.96 Å². The highest BCUT2D eigenvalue weighted by Gasteiger charge is 2.18. The van der Waals surface area contributed by atoms with E-state index in [-0.39, 0.29) is 5.41 Å². The fourth-order valence-corrected chi connectivity index (χ4v) is 2.80. The number of benzene rings is 1. The van der Waals surface area contributed by atoms with Crippen LogP contribution in [0.4, 0.5) is 0 Å². The van der Waals surface area contributed by atoms with Crippen LogP contribution < -0.4 is 10.6 Å². The van der Waals surface area contributed by atoms with Crippen LogP contribution >= 0.6 is 0 Å². The number of aryl methyl sites for hydroxylation is 2. The molecule has 25 heavy (non-hydrogen) atoms. The van der Waals surface area contributed by atoms with E-state index in [1.165, 1.54) is 18.4 Å². The summed E-state index contributed by atoms with van der Waals surface area (Å²) < 4.78 is 1.87. The van der Waals surface area contributed by atoms with Crippen molar-refractivity contribution in [1.29, 1.82) is 0 Å². The molecule has 0 radical (unpaired) electrons. The minimum Gasteiger partial charge on any atom is -0.356 e. The summed E-state index contributed by atoms with van der Waals surface area (Å²) >= 11 is 0. The molecule has 0 bridgehead atoms. The molecule has 1 aromatic carbocycles. The molecule has 0 aliphatic heterocycles. The van der Waals surface area contributed by atoms with Gasteiger partial charge in [-0.05, 0) is 36.3 Å². The molecule has 1 aromatic heterocycles. The molecule has 0 amide bonds. The molecule has 136 valence electrons. The van der Waals surface area contributed by atoms with Gasteiger partial charge >= 0.3 is 0 Å². The van der Waals surface area contributed by atoms with Crippen molar-refractivity contribution < 1.29 is 0 Å². The van der Waals surface area contributed by atoms with Crippen molar-refractivity contribution in [3.8, 4) is 0 Å².